The Kier molecular flexibility index (Phi) is 3.63. The van der Waals surface area contributed by atoms with Crippen LogP contribution in [0.3, 0.4) is 0 Å². The molecule has 10 heteroatoms. The van der Waals surface area contributed by atoms with E-state index in [1.165, 1.54) is 6.92 Å². The summed E-state index contributed by atoms with van der Waals surface area (Å²) in [5, 5.41) is 17.2. The predicted molar refractivity (Wildman–Crippen MR) is 44.7 cm³/mol. The SMILES string of the molecule is CC(CC(=O)O)n1nnnc1C(F)(F)C(F)F. The minimum Gasteiger partial charge on any atom is -0.481 e. The third-order valence-electron chi connectivity index (χ3n) is 1.95. The van der Waals surface area contributed by atoms with Crippen LogP contribution in [-0.4, -0.2) is 37.7 Å². The van der Waals surface area contributed by atoms with Gasteiger partial charge in [-0.15, -0.1) is 5.10 Å². The average Bonchev–Trinajstić information content (AvgIpc) is 2.64. The van der Waals surface area contributed by atoms with Gasteiger partial charge in [0.1, 0.15) is 0 Å². The standard InChI is InChI=1S/C7H8F4N4O2/c1-3(2-4(16)17)15-6(12-13-14-15)7(10,11)5(8)9/h3,5H,2H2,1H3,(H,16,17). The summed E-state index contributed by atoms with van der Waals surface area (Å²) in [5.74, 6) is -7.14. The molecule has 0 saturated heterocycles. The molecule has 1 unspecified atom stereocenters. The van der Waals surface area contributed by atoms with Crippen LogP contribution in [0.5, 0.6) is 0 Å². The molecule has 0 saturated carbocycles. The van der Waals surface area contributed by atoms with Crippen LogP contribution in [0.15, 0.2) is 0 Å². The van der Waals surface area contributed by atoms with Crippen LogP contribution in [0.1, 0.15) is 25.2 Å². The summed E-state index contributed by atoms with van der Waals surface area (Å²) in [7, 11) is 0. The quantitative estimate of drug-likeness (QED) is 0.797. The molecule has 6 nitrogen and oxygen atoms in total. The van der Waals surface area contributed by atoms with Gasteiger partial charge in [-0.25, -0.2) is 13.5 Å². The number of rotatable bonds is 5. The molecule has 0 bridgehead atoms. The van der Waals surface area contributed by atoms with Crippen LogP contribution in [0.25, 0.3) is 0 Å². The van der Waals surface area contributed by atoms with E-state index in [1.807, 2.05) is 0 Å². The minimum atomic E-state index is -4.52. The van der Waals surface area contributed by atoms with Gasteiger partial charge in [0, 0.05) is 0 Å². The van der Waals surface area contributed by atoms with Crippen LogP contribution < -0.4 is 0 Å². The van der Waals surface area contributed by atoms with E-state index in [0.717, 1.165) is 0 Å². The van der Waals surface area contributed by atoms with Gasteiger partial charge in [-0.3, -0.25) is 4.79 Å². The van der Waals surface area contributed by atoms with E-state index >= 15 is 0 Å². The maximum Gasteiger partial charge on any atom is 0.367 e. The molecule has 0 radical (unpaired) electrons. The van der Waals surface area contributed by atoms with Crippen LogP contribution >= 0.6 is 0 Å². The van der Waals surface area contributed by atoms with Crippen molar-refractivity contribution in [2.45, 2.75) is 31.7 Å². The number of carbonyl (C=O) groups is 1. The van der Waals surface area contributed by atoms with Gasteiger partial charge in [-0.05, 0) is 17.4 Å². The Balaban J connectivity index is 3.04. The molecule has 0 amide bonds. The number of carboxylic acid groups (broad SMARTS) is 1. The zero-order valence-electron chi connectivity index (χ0n) is 8.52. The third-order valence-corrected chi connectivity index (χ3v) is 1.95. The summed E-state index contributed by atoms with van der Waals surface area (Å²) in [4.78, 5) is 10.4. The van der Waals surface area contributed by atoms with Gasteiger partial charge in [-0.1, -0.05) is 0 Å². The maximum absolute atomic E-state index is 13.0. The number of alkyl halides is 4. The average molecular weight is 256 g/mol. The van der Waals surface area contributed by atoms with Gasteiger partial charge < -0.3 is 5.11 Å². The van der Waals surface area contributed by atoms with Gasteiger partial charge in [0.05, 0.1) is 12.5 Å². The Morgan fingerprint density at radius 1 is 1.53 bits per heavy atom. The molecular weight excluding hydrogens is 248 g/mol. The Morgan fingerprint density at radius 3 is 2.59 bits per heavy atom. The van der Waals surface area contributed by atoms with Crippen molar-refractivity contribution in [2.75, 3.05) is 0 Å². The molecule has 0 aliphatic carbocycles. The van der Waals surface area contributed by atoms with E-state index in [-0.39, 0.29) is 0 Å². The van der Waals surface area contributed by atoms with E-state index in [0.29, 0.717) is 4.68 Å². The fourth-order valence-corrected chi connectivity index (χ4v) is 1.15. The second-order valence-corrected chi connectivity index (χ2v) is 3.32. The fourth-order valence-electron chi connectivity index (χ4n) is 1.15. The summed E-state index contributed by atoms with van der Waals surface area (Å²) >= 11 is 0. The van der Waals surface area contributed by atoms with Crippen molar-refractivity contribution in [1.29, 1.82) is 0 Å². The number of hydrogen-bond acceptors (Lipinski definition) is 4. The van der Waals surface area contributed by atoms with E-state index in [2.05, 4.69) is 15.5 Å². The van der Waals surface area contributed by atoms with Gasteiger partial charge in [0.15, 0.2) is 0 Å². The fraction of sp³-hybridized carbons (Fsp3) is 0.714. The molecule has 1 N–H and O–H groups in total. The van der Waals surface area contributed by atoms with E-state index in [9.17, 15) is 22.4 Å². The van der Waals surface area contributed by atoms with Gasteiger partial charge in [-0.2, -0.15) is 8.78 Å². The number of aliphatic carboxylic acids is 1. The highest BCUT2D eigenvalue weighted by Gasteiger charge is 2.48. The van der Waals surface area contributed by atoms with Crippen molar-refractivity contribution < 1.29 is 27.5 Å². The second kappa shape index (κ2) is 4.63. The number of aromatic nitrogens is 4. The first kappa shape index (κ1) is 13.3. The van der Waals surface area contributed by atoms with Crippen molar-refractivity contribution in [3.8, 4) is 0 Å². The number of carboxylic acids is 1. The first-order valence-electron chi connectivity index (χ1n) is 4.43. The summed E-state index contributed by atoms with van der Waals surface area (Å²) in [6.45, 7) is 1.23. The monoisotopic (exact) mass is 256 g/mol. The molecule has 1 aromatic heterocycles. The summed E-state index contributed by atoms with van der Waals surface area (Å²) in [6.07, 6.45) is -4.53. The Labute approximate surface area is 92.2 Å². The van der Waals surface area contributed by atoms with Gasteiger partial charge in [0.2, 0.25) is 5.82 Å². The van der Waals surface area contributed by atoms with Gasteiger partial charge in [0.25, 0.3) is 0 Å². The van der Waals surface area contributed by atoms with Crippen molar-refractivity contribution in [1.82, 2.24) is 20.2 Å². The summed E-state index contributed by atoms with van der Waals surface area (Å²) < 4.78 is 50.6. The second-order valence-electron chi connectivity index (χ2n) is 3.32. The van der Waals surface area contributed by atoms with Crippen LogP contribution in [0.4, 0.5) is 17.6 Å². The third kappa shape index (κ3) is 2.68. The van der Waals surface area contributed by atoms with Crippen molar-refractivity contribution in [3.63, 3.8) is 0 Å². The smallest absolute Gasteiger partial charge is 0.367 e. The molecule has 17 heavy (non-hydrogen) atoms. The highest BCUT2D eigenvalue weighted by Crippen LogP contribution is 2.33. The summed E-state index contributed by atoms with van der Waals surface area (Å²) in [5.41, 5.74) is 0. The zero-order valence-corrected chi connectivity index (χ0v) is 8.52. The zero-order chi connectivity index (χ0) is 13.2. The molecule has 0 aromatic carbocycles. The summed E-state index contributed by atoms with van der Waals surface area (Å²) in [6, 6.07) is -1.05. The number of hydrogen-bond donors (Lipinski definition) is 1. The normalized spacial score (nSPS) is 14.0. The van der Waals surface area contributed by atoms with Crippen molar-refractivity contribution in [3.05, 3.63) is 5.82 Å². The molecule has 1 aromatic rings. The number of tetrazole rings is 1. The lowest BCUT2D eigenvalue weighted by Gasteiger charge is -2.17. The lowest BCUT2D eigenvalue weighted by atomic mass is 10.2. The molecule has 0 spiro atoms. The van der Waals surface area contributed by atoms with Crippen LogP contribution in [0.2, 0.25) is 0 Å². The predicted octanol–water partition coefficient (Wildman–Crippen LogP) is 1.07. The number of nitrogens with zero attached hydrogens (tertiary/aromatic N) is 4. The highest BCUT2D eigenvalue weighted by molar-refractivity contribution is 5.67. The van der Waals surface area contributed by atoms with Crippen molar-refractivity contribution in [2.24, 2.45) is 0 Å². The Morgan fingerprint density at radius 2 is 2.12 bits per heavy atom. The van der Waals surface area contributed by atoms with Crippen molar-refractivity contribution >= 4 is 5.97 Å². The lowest BCUT2D eigenvalue weighted by molar-refractivity contribution is -0.145. The highest BCUT2D eigenvalue weighted by atomic mass is 19.3. The molecule has 96 valence electrons. The molecule has 0 fully saturated rings. The van der Waals surface area contributed by atoms with Crippen LogP contribution in [0, 0.1) is 0 Å². The van der Waals surface area contributed by atoms with Gasteiger partial charge >= 0.3 is 18.3 Å². The molecule has 0 aliphatic heterocycles. The topological polar surface area (TPSA) is 80.9 Å². The van der Waals surface area contributed by atoms with E-state index in [4.69, 9.17) is 5.11 Å². The largest absolute Gasteiger partial charge is 0.481 e. The number of halogens is 4. The maximum atomic E-state index is 13.0. The van der Waals surface area contributed by atoms with Crippen LogP contribution in [-0.2, 0) is 10.7 Å². The first-order chi connectivity index (χ1) is 7.76. The Hall–Kier alpha value is -1.74. The van der Waals surface area contributed by atoms with E-state index < -0.39 is 36.6 Å². The molecule has 1 rings (SSSR count). The Bertz CT molecular complexity index is 408. The first-order valence-corrected chi connectivity index (χ1v) is 4.43. The lowest BCUT2D eigenvalue weighted by Crippen LogP contribution is -2.30. The minimum absolute atomic E-state index is 0.389. The molecular formula is C7H8F4N4O2. The molecule has 1 heterocycles. The molecule has 1 atom stereocenters. The van der Waals surface area contributed by atoms with E-state index in [1.54, 1.807) is 0 Å². The molecule has 0 aliphatic rings.